The van der Waals surface area contributed by atoms with Crippen LogP contribution in [0.25, 0.3) is 0 Å². The highest BCUT2D eigenvalue weighted by atomic mass is 19.1. The molecule has 0 saturated carbocycles. The average Bonchev–Trinajstić information content (AvgIpc) is 2.48. The van der Waals surface area contributed by atoms with Crippen molar-refractivity contribution in [2.75, 3.05) is 11.9 Å². The molecule has 0 spiro atoms. The molecular formula is C19H32FN. The van der Waals surface area contributed by atoms with Crippen LogP contribution in [0, 0.1) is 12.7 Å². The topological polar surface area (TPSA) is 12.0 Å². The summed E-state index contributed by atoms with van der Waals surface area (Å²) in [5.41, 5.74) is 1.74. The number of unbranched alkanes of at least 4 members (excludes halogenated alkanes) is 9. The van der Waals surface area contributed by atoms with Crippen molar-refractivity contribution in [1.82, 2.24) is 0 Å². The van der Waals surface area contributed by atoms with E-state index in [0.717, 1.165) is 18.5 Å². The van der Waals surface area contributed by atoms with Crippen molar-refractivity contribution in [3.05, 3.63) is 29.6 Å². The number of nitrogens with one attached hydrogen (secondary N) is 1. The van der Waals surface area contributed by atoms with Gasteiger partial charge in [0.05, 0.1) is 5.69 Å². The SMILES string of the molecule is CCCCCCCCCCCCNc1cc(C)ccc1F. The summed E-state index contributed by atoms with van der Waals surface area (Å²) < 4.78 is 13.5. The first-order valence-corrected chi connectivity index (χ1v) is 8.74. The van der Waals surface area contributed by atoms with Gasteiger partial charge in [-0.1, -0.05) is 70.8 Å². The van der Waals surface area contributed by atoms with E-state index < -0.39 is 0 Å². The van der Waals surface area contributed by atoms with Crippen LogP contribution in [0.3, 0.4) is 0 Å². The largest absolute Gasteiger partial charge is 0.383 e. The third kappa shape index (κ3) is 8.75. The van der Waals surface area contributed by atoms with Gasteiger partial charge in [0.2, 0.25) is 0 Å². The zero-order valence-corrected chi connectivity index (χ0v) is 13.9. The van der Waals surface area contributed by atoms with Gasteiger partial charge in [-0.05, 0) is 31.0 Å². The van der Waals surface area contributed by atoms with Crippen LogP contribution in [-0.2, 0) is 0 Å². The molecule has 120 valence electrons. The van der Waals surface area contributed by atoms with E-state index in [1.807, 2.05) is 13.0 Å². The smallest absolute Gasteiger partial charge is 0.146 e. The maximum Gasteiger partial charge on any atom is 0.146 e. The van der Waals surface area contributed by atoms with Crippen molar-refractivity contribution >= 4 is 5.69 Å². The molecule has 0 aliphatic rings. The fourth-order valence-corrected chi connectivity index (χ4v) is 2.61. The monoisotopic (exact) mass is 293 g/mol. The summed E-state index contributed by atoms with van der Waals surface area (Å²) in [6, 6.07) is 5.23. The third-order valence-corrected chi connectivity index (χ3v) is 3.97. The number of hydrogen-bond donors (Lipinski definition) is 1. The van der Waals surface area contributed by atoms with Crippen molar-refractivity contribution < 1.29 is 4.39 Å². The molecule has 1 nitrogen and oxygen atoms in total. The highest BCUT2D eigenvalue weighted by Gasteiger charge is 2.00. The lowest BCUT2D eigenvalue weighted by atomic mass is 10.1. The molecule has 0 aromatic heterocycles. The predicted molar refractivity (Wildman–Crippen MR) is 91.5 cm³/mol. The second-order valence-electron chi connectivity index (χ2n) is 6.09. The third-order valence-electron chi connectivity index (χ3n) is 3.97. The first-order valence-electron chi connectivity index (χ1n) is 8.74. The van der Waals surface area contributed by atoms with Crippen molar-refractivity contribution in [2.45, 2.75) is 78.1 Å². The van der Waals surface area contributed by atoms with Gasteiger partial charge in [0.15, 0.2) is 0 Å². The van der Waals surface area contributed by atoms with Crippen molar-refractivity contribution in [1.29, 1.82) is 0 Å². The molecule has 1 N–H and O–H groups in total. The fraction of sp³-hybridized carbons (Fsp3) is 0.684. The molecule has 0 unspecified atom stereocenters. The molecule has 0 atom stereocenters. The van der Waals surface area contributed by atoms with Crippen LogP contribution in [-0.4, -0.2) is 6.54 Å². The van der Waals surface area contributed by atoms with Crippen LogP contribution in [0.2, 0.25) is 0 Å². The number of rotatable bonds is 12. The lowest BCUT2D eigenvalue weighted by Gasteiger charge is -2.08. The maximum absolute atomic E-state index is 13.5. The summed E-state index contributed by atoms with van der Waals surface area (Å²) in [6.07, 6.45) is 13.3. The molecule has 0 heterocycles. The number of hydrogen-bond acceptors (Lipinski definition) is 1. The van der Waals surface area contributed by atoms with Crippen LogP contribution in [0.1, 0.15) is 76.7 Å². The van der Waals surface area contributed by atoms with Crippen LogP contribution in [0.4, 0.5) is 10.1 Å². The minimum absolute atomic E-state index is 0.146. The summed E-state index contributed by atoms with van der Waals surface area (Å²) in [5, 5.41) is 3.20. The minimum Gasteiger partial charge on any atom is -0.383 e. The van der Waals surface area contributed by atoms with Gasteiger partial charge in [-0.15, -0.1) is 0 Å². The molecule has 21 heavy (non-hydrogen) atoms. The Morgan fingerprint density at radius 3 is 2.05 bits per heavy atom. The zero-order chi connectivity index (χ0) is 15.3. The quantitative estimate of drug-likeness (QED) is 0.436. The molecule has 1 rings (SSSR count). The van der Waals surface area contributed by atoms with E-state index in [1.54, 1.807) is 6.07 Å². The van der Waals surface area contributed by atoms with Crippen molar-refractivity contribution in [3.63, 3.8) is 0 Å². The van der Waals surface area contributed by atoms with E-state index in [1.165, 1.54) is 63.9 Å². The number of aryl methyl sites for hydroxylation is 1. The van der Waals surface area contributed by atoms with E-state index in [2.05, 4.69) is 12.2 Å². The van der Waals surface area contributed by atoms with Gasteiger partial charge in [-0.25, -0.2) is 4.39 Å². The van der Waals surface area contributed by atoms with Crippen LogP contribution in [0.5, 0.6) is 0 Å². The van der Waals surface area contributed by atoms with Crippen LogP contribution in [0.15, 0.2) is 18.2 Å². The summed E-state index contributed by atoms with van der Waals surface area (Å²) in [6.45, 7) is 5.12. The first-order chi connectivity index (χ1) is 10.2. The molecule has 2 heteroatoms. The lowest BCUT2D eigenvalue weighted by molar-refractivity contribution is 0.559. The van der Waals surface area contributed by atoms with Crippen LogP contribution < -0.4 is 5.32 Å². The van der Waals surface area contributed by atoms with Gasteiger partial charge >= 0.3 is 0 Å². The Kier molecular flexibility index (Phi) is 9.94. The van der Waals surface area contributed by atoms with E-state index in [4.69, 9.17) is 0 Å². The molecule has 1 aromatic rings. The molecule has 0 fully saturated rings. The normalized spacial score (nSPS) is 10.8. The number of anilines is 1. The van der Waals surface area contributed by atoms with Crippen molar-refractivity contribution in [3.8, 4) is 0 Å². The van der Waals surface area contributed by atoms with E-state index in [0.29, 0.717) is 5.69 Å². The van der Waals surface area contributed by atoms with Crippen molar-refractivity contribution in [2.24, 2.45) is 0 Å². The van der Waals surface area contributed by atoms with Gasteiger partial charge in [0, 0.05) is 6.54 Å². The number of halogens is 1. The maximum atomic E-state index is 13.5. The average molecular weight is 293 g/mol. The molecule has 0 saturated heterocycles. The second kappa shape index (κ2) is 11.6. The second-order valence-corrected chi connectivity index (χ2v) is 6.09. The molecular weight excluding hydrogens is 261 g/mol. The molecule has 0 aliphatic carbocycles. The van der Waals surface area contributed by atoms with Gasteiger partial charge in [0.25, 0.3) is 0 Å². The van der Waals surface area contributed by atoms with E-state index in [-0.39, 0.29) is 5.82 Å². The molecule has 0 aliphatic heterocycles. The molecule has 0 amide bonds. The lowest BCUT2D eigenvalue weighted by Crippen LogP contribution is -2.03. The Morgan fingerprint density at radius 1 is 0.857 bits per heavy atom. The summed E-state index contributed by atoms with van der Waals surface area (Å²) in [4.78, 5) is 0. The van der Waals surface area contributed by atoms with Crippen LogP contribution >= 0.6 is 0 Å². The molecule has 0 radical (unpaired) electrons. The van der Waals surface area contributed by atoms with Gasteiger partial charge in [-0.2, -0.15) is 0 Å². The zero-order valence-electron chi connectivity index (χ0n) is 13.9. The Bertz CT molecular complexity index is 376. The van der Waals surface area contributed by atoms with E-state index in [9.17, 15) is 4.39 Å². The summed E-state index contributed by atoms with van der Waals surface area (Å²) in [7, 11) is 0. The standard InChI is InChI=1S/C19H32FN/c1-3-4-5-6-7-8-9-10-11-12-15-21-19-16-17(2)13-14-18(19)20/h13-14,16,21H,3-12,15H2,1-2H3. The highest BCUT2D eigenvalue weighted by Crippen LogP contribution is 2.16. The van der Waals surface area contributed by atoms with Gasteiger partial charge < -0.3 is 5.32 Å². The summed E-state index contributed by atoms with van der Waals surface area (Å²) in [5.74, 6) is -0.146. The predicted octanol–water partition coefficient (Wildman–Crippen LogP) is 6.47. The molecule has 0 bridgehead atoms. The Labute approximate surface area is 130 Å². The number of benzene rings is 1. The Hall–Kier alpha value is -1.05. The Balaban J connectivity index is 1.94. The fourth-order valence-electron chi connectivity index (χ4n) is 2.61. The van der Waals surface area contributed by atoms with E-state index >= 15 is 0 Å². The molecule has 1 aromatic carbocycles. The highest BCUT2D eigenvalue weighted by molar-refractivity contribution is 5.46. The summed E-state index contributed by atoms with van der Waals surface area (Å²) >= 11 is 0. The van der Waals surface area contributed by atoms with Gasteiger partial charge in [0.1, 0.15) is 5.82 Å². The first kappa shape index (κ1) is 18.0. The Morgan fingerprint density at radius 2 is 1.43 bits per heavy atom. The minimum atomic E-state index is -0.146. The van der Waals surface area contributed by atoms with Gasteiger partial charge in [-0.3, -0.25) is 0 Å².